The average Bonchev–Trinajstić information content (AvgIpc) is 3.26. The number of piperazine rings is 1. The monoisotopic (exact) mass is 574 g/mol. The number of hydrogen-bond donors (Lipinski definition) is 2. The van der Waals surface area contributed by atoms with E-state index in [4.69, 9.17) is 15.8 Å². The molecule has 0 bridgehead atoms. The van der Waals surface area contributed by atoms with Gasteiger partial charge in [-0.1, -0.05) is 24.3 Å². The molecule has 0 amide bonds. The van der Waals surface area contributed by atoms with Crippen molar-refractivity contribution in [2.45, 2.75) is 45.7 Å². The summed E-state index contributed by atoms with van der Waals surface area (Å²) in [7, 11) is 1.84. The van der Waals surface area contributed by atoms with Crippen molar-refractivity contribution in [2.24, 2.45) is 4.99 Å². The molecule has 3 N–H and O–H groups in total. The van der Waals surface area contributed by atoms with Crippen LogP contribution in [0.2, 0.25) is 0 Å². The van der Waals surface area contributed by atoms with Crippen molar-refractivity contribution in [3.05, 3.63) is 66.0 Å². The van der Waals surface area contributed by atoms with Crippen molar-refractivity contribution in [3.8, 4) is 11.3 Å². The Bertz CT molecular complexity index is 1830. The van der Waals surface area contributed by atoms with Gasteiger partial charge in [-0.3, -0.25) is 9.89 Å². The van der Waals surface area contributed by atoms with Crippen LogP contribution in [0.25, 0.3) is 33.2 Å². The fourth-order valence-electron chi connectivity index (χ4n) is 6.40. The van der Waals surface area contributed by atoms with Crippen LogP contribution in [0.4, 0.5) is 17.3 Å². The Kier molecular flexibility index (Phi) is 7.14. The second-order valence-corrected chi connectivity index (χ2v) is 11.8. The van der Waals surface area contributed by atoms with Gasteiger partial charge in [0.15, 0.2) is 5.65 Å². The SMILES string of the molecule is CN=C1CCCc2cc(-c3nn(Cc4cc5ccccc5nc4N4CCN(C(C)C)CC4)c4ncnc(N)c34)ccc2N1. The lowest BCUT2D eigenvalue weighted by molar-refractivity contribution is 0.209. The first-order chi connectivity index (χ1) is 21.0. The van der Waals surface area contributed by atoms with Gasteiger partial charge in [0.1, 0.15) is 29.5 Å². The van der Waals surface area contributed by atoms with Gasteiger partial charge in [0, 0.05) is 67.9 Å². The topological polar surface area (TPSA) is 113 Å². The summed E-state index contributed by atoms with van der Waals surface area (Å²) in [5.41, 5.74) is 13.5. The molecule has 0 saturated carbocycles. The molecule has 0 radical (unpaired) electrons. The van der Waals surface area contributed by atoms with Crippen LogP contribution in [0.5, 0.6) is 0 Å². The van der Waals surface area contributed by atoms with Crippen molar-refractivity contribution in [1.82, 2.24) is 29.6 Å². The van der Waals surface area contributed by atoms with Gasteiger partial charge in [0.25, 0.3) is 0 Å². The molecule has 5 aromatic rings. The van der Waals surface area contributed by atoms with Crippen molar-refractivity contribution in [2.75, 3.05) is 49.2 Å². The average molecular weight is 575 g/mol. The normalized spacial score (nSPS) is 17.0. The number of fused-ring (bicyclic) bond motifs is 3. The highest BCUT2D eigenvalue weighted by molar-refractivity contribution is 6.00. The third-order valence-corrected chi connectivity index (χ3v) is 8.79. The number of anilines is 3. The van der Waals surface area contributed by atoms with Gasteiger partial charge in [-0.2, -0.15) is 5.10 Å². The number of aliphatic imine (C=N–C) groups is 1. The molecule has 2 aliphatic heterocycles. The van der Waals surface area contributed by atoms with E-state index in [1.54, 1.807) is 0 Å². The summed E-state index contributed by atoms with van der Waals surface area (Å²) < 4.78 is 1.97. The van der Waals surface area contributed by atoms with E-state index in [-0.39, 0.29) is 0 Å². The highest BCUT2D eigenvalue weighted by Gasteiger charge is 2.24. The number of benzene rings is 2. The van der Waals surface area contributed by atoms with Crippen LogP contribution in [0.15, 0.2) is 59.9 Å². The lowest BCUT2D eigenvalue weighted by Gasteiger charge is -2.38. The van der Waals surface area contributed by atoms with E-state index in [0.29, 0.717) is 18.4 Å². The zero-order valence-electron chi connectivity index (χ0n) is 25.1. The van der Waals surface area contributed by atoms with E-state index in [2.05, 4.69) is 86.4 Å². The molecule has 0 unspecified atom stereocenters. The minimum atomic E-state index is 0.432. The predicted octanol–water partition coefficient (Wildman–Crippen LogP) is 4.98. The smallest absolute Gasteiger partial charge is 0.164 e. The lowest BCUT2D eigenvalue weighted by atomic mass is 10.0. The van der Waals surface area contributed by atoms with Gasteiger partial charge in [0.05, 0.1) is 17.4 Å². The molecule has 10 heteroatoms. The van der Waals surface area contributed by atoms with Gasteiger partial charge >= 0.3 is 0 Å². The Morgan fingerprint density at radius 1 is 1.00 bits per heavy atom. The second-order valence-electron chi connectivity index (χ2n) is 11.8. The first-order valence-corrected chi connectivity index (χ1v) is 15.2. The number of nitrogens with zero attached hydrogens (tertiary/aromatic N) is 8. The van der Waals surface area contributed by atoms with Crippen molar-refractivity contribution < 1.29 is 0 Å². The summed E-state index contributed by atoms with van der Waals surface area (Å²) >= 11 is 0. The number of nitrogens with two attached hydrogens (primary N) is 1. The lowest BCUT2D eigenvalue weighted by Crippen LogP contribution is -2.49. The number of aromatic nitrogens is 5. The van der Waals surface area contributed by atoms with E-state index < -0.39 is 0 Å². The molecule has 43 heavy (non-hydrogen) atoms. The number of para-hydroxylation sites is 1. The summed E-state index contributed by atoms with van der Waals surface area (Å²) in [6.07, 6.45) is 4.47. The van der Waals surface area contributed by atoms with Crippen LogP contribution in [-0.4, -0.2) is 74.7 Å². The van der Waals surface area contributed by atoms with Crippen LogP contribution in [-0.2, 0) is 13.0 Å². The Labute approximate surface area is 251 Å². The third kappa shape index (κ3) is 5.16. The van der Waals surface area contributed by atoms with Crippen LogP contribution in [0.1, 0.15) is 37.8 Å². The fraction of sp³-hybridized carbons (Fsp3) is 0.364. The maximum Gasteiger partial charge on any atom is 0.164 e. The van der Waals surface area contributed by atoms with Crippen molar-refractivity contribution in [1.29, 1.82) is 0 Å². The van der Waals surface area contributed by atoms with E-state index in [0.717, 1.165) is 102 Å². The fourth-order valence-corrected chi connectivity index (χ4v) is 6.40. The molecule has 0 spiro atoms. The molecule has 220 valence electrons. The number of amidine groups is 1. The molecule has 1 fully saturated rings. The van der Waals surface area contributed by atoms with E-state index in [9.17, 15) is 0 Å². The van der Waals surface area contributed by atoms with E-state index in [1.165, 1.54) is 11.9 Å². The van der Waals surface area contributed by atoms with Crippen LogP contribution in [0, 0.1) is 0 Å². The summed E-state index contributed by atoms with van der Waals surface area (Å²) in [6, 6.07) is 17.6. The zero-order valence-corrected chi connectivity index (χ0v) is 25.1. The standard InChI is InChI=1S/C33H38N10/c1-21(2)41-13-15-42(16-14-41)32-25(18-22-7-4-5-9-26(22)39-32)19-43-33-29(31(34)36-20-37-33)30(40-43)24-11-12-27-23(17-24)8-6-10-28(35-3)38-27/h4-5,7,9,11-12,17-18,20-21H,6,8,10,13-16,19H2,1-3H3,(H,35,38)(H2,34,36,37). The van der Waals surface area contributed by atoms with Gasteiger partial charge in [0.2, 0.25) is 0 Å². The van der Waals surface area contributed by atoms with Crippen molar-refractivity contribution >= 4 is 45.1 Å². The minimum Gasteiger partial charge on any atom is -0.383 e. The Hall–Kier alpha value is -4.57. The molecule has 2 aliphatic rings. The number of aryl methyl sites for hydroxylation is 1. The Morgan fingerprint density at radius 2 is 1.84 bits per heavy atom. The van der Waals surface area contributed by atoms with Crippen LogP contribution >= 0.6 is 0 Å². The number of nitrogen functional groups attached to an aromatic ring is 1. The summed E-state index contributed by atoms with van der Waals surface area (Å²) in [5, 5.41) is 10.5. The highest BCUT2D eigenvalue weighted by Crippen LogP contribution is 2.35. The number of rotatable bonds is 5. The third-order valence-electron chi connectivity index (χ3n) is 8.79. The summed E-state index contributed by atoms with van der Waals surface area (Å²) in [4.78, 5) is 23.6. The molecule has 0 aliphatic carbocycles. The molecule has 0 atom stereocenters. The zero-order chi connectivity index (χ0) is 29.5. The van der Waals surface area contributed by atoms with Gasteiger partial charge in [-0.05, 0) is 56.5 Å². The molecular formula is C33H38N10. The first kappa shape index (κ1) is 27.3. The molecule has 2 aromatic carbocycles. The van der Waals surface area contributed by atoms with Crippen molar-refractivity contribution in [3.63, 3.8) is 0 Å². The highest BCUT2D eigenvalue weighted by atomic mass is 15.3. The molecule has 1 saturated heterocycles. The van der Waals surface area contributed by atoms with Gasteiger partial charge in [-0.15, -0.1) is 0 Å². The largest absolute Gasteiger partial charge is 0.383 e. The molecule has 10 nitrogen and oxygen atoms in total. The van der Waals surface area contributed by atoms with E-state index in [1.807, 2.05) is 17.8 Å². The minimum absolute atomic E-state index is 0.432. The van der Waals surface area contributed by atoms with E-state index >= 15 is 0 Å². The molecular weight excluding hydrogens is 536 g/mol. The predicted molar refractivity (Wildman–Crippen MR) is 175 cm³/mol. The van der Waals surface area contributed by atoms with Gasteiger partial charge < -0.3 is 16.0 Å². The maximum absolute atomic E-state index is 6.50. The van der Waals surface area contributed by atoms with Crippen LogP contribution < -0.4 is 16.0 Å². The second kappa shape index (κ2) is 11.3. The molecule has 7 rings (SSSR count). The first-order valence-electron chi connectivity index (χ1n) is 15.2. The summed E-state index contributed by atoms with van der Waals surface area (Å²) in [6.45, 7) is 8.95. The van der Waals surface area contributed by atoms with Gasteiger partial charge in [-0.25, -0.2) is 19.6 Å². The Morgan fingerprint density at radius 3 is 2.65 bits per heavy atom. The summed E-state index contributed by atoms with van der Waals surface area (Å²) in [5.74, 6) is 2.46. The maximum atomic E-state index is 6.50. The quantitative estimate of drug-likeness (QED) is 0.302. The molecule has 5 heterocycles. The number of nitrogens with one attached hydrogen (secondary N) is 1. The van der Waals surface area contributed by atoms with Crippen LogP contribution in [0.3, 0.4) is 0 Å². The number of pyridine rings is 1. The number of hydrogen-bond acceptors (Lipinski definition) is 8. The Balaban J connectivity index is 1.30. The molecule has 3 aromatic heterocycles.